The molecule has 0 unspecified atom stereocenters. The van der Waals surface area contributed by atoms with Crippen molar-refractivity contribution in [2.24, 2.45) is 0 Å². The fourth-order valence-electron chi connectivity index (χ4n) is 3.43. The molecule has 1 aliphatic heterocycles. The summed E-state index contributed by atoms with van der Waals surface area (Å²) in [6.07, 6.45) is 3.36. The van der Waals surface area contributed by atoms with Gasteiger partial charge in [0.25, 0.3) is 5.56 Å². The van der Waals surface area contributed by atoms with Crippen LogP contribution in [0.3, 0.4) is 0 Å². The third kappa shape index (κ3) is 4.47. The Bertz CT molecular complexity index is 1060. The van der Waals surface area contributed by atoms with Gasteiger partial charge in [-0.3, -0.25) is 13.9 Å². The number of Topliss-reactive ketones (excluding diaryl/α,β-unsaturated/α-hetero) is 1. The molecule has 0 spiro atoms. The second-order valence-corrected chi connectivity index (χ2v) is 9.78. The van der Waals surface area contributed by atoms with E-state index in [1.807, 2.05) is 13.8 Å². The second kappa shape index (κ2) is 8.08. The van der Waals surface area contributed by atoms with Crippen molar-refractivity contribution in [3.63, 3.8) is 0 Å². The Hall–Kier alpha value is -2.13. The van der Waals surface area contributed by atoms with E-state index in [0.717, 1.165) is 12.0 Å². The fraction of sp³-hybridized carbons (Fsp3) is 0.421. The number of H-pyrrole nitrogens is 1. The summed E-state index contributed by atoms with van der Waals surface area (Å²) in [5.41, 5.74) is 2.51. The smallest absolute Gasteiger partial charge is 0.251 e. The van der Waals surface area contributed by atoms with Crippen LogP contribution in [-0.4, -0.2) is 42.2 Å². The zero-order valence-electron chi connectivity index (χ0n) is 16.1. The molecule has 0 bridgehead atoms. The van der Waals surface area contributed by atoms with Gasteiger partial charge in [0, 0.05) is 23.4 Å². The maximum atomic E-state index is 12.6. The van der Waals surface area contributed by atoms with Gasteiger partial charge in [-0.05, 0) is 43.5 Å². The van der Waals surface area contributed by atoms with E-state index in [2.05, 4.69) is 9.97 Å². The van der Waals surface area contributed by atoms with Crippen LogP contribution in [0.5, 0.6) is 0 Å². The maximum absolute atomic E-state index is 12.6. The van der Waals surface area contributed by atoms with Crippen molar-refractivity contribution < 1.29 is 13.2 Å². The third-order valence-corrected chi connectivity index (χ3v) is 6.68. The van der Waals surface area contributed by atoms with E-state index in [-0.39, 0.29) is 23.1 Å². The highest BCUT2D eigenvalue weighted by molar-refractivity contribution is 7.99. The van der Waals surface area contributed by atoms with E-state index < -0.39 is 10.0 Å². The topological polar surface area (TPSA) is 100 Å². The van der Waals surface area contributed by atoms with Gasteiger partial charge >= 0.3 is 0 Å². The van der Waals surface area contributed by atoms with Gasteiger partial charge in [-0.1, -0.05) is 25.1 Å². The van der Waals surface area contributed by atoms with Crippen LogP contribution in [0.4, 0.5) is 5.69 Å². The number of aromatic nitrogens is 2. The Kier molecular flexibility index (Phi) is 5.95. The lowest BCUT2D eigenvalue weighted by Crippen LogP contribution is -2.34. The van der Waals surface area contributed by atoms with Crippen LogP contribution < -0.4 is 9.86 Å². The number of benzene rings is 1. The predicted octanol–water partition coefficient (Wildman–Crippen LogP) is 2.41. The molecule has 1 aromatic carbocycles. The number of carbonyl (C=O) groups is 1. The summed E-state index contributed by atoms with van der Waals surface area (Å²) in [5, 5.41) is 0.433. The first-order valence-electron chi connectivity index (χ1n) is 9.07. The Morgan fingerprint density at radius 3 is 2.79 bits per heavy atom. The number of rotatable bonds is 7. The molecule has 0 fully saturated rings. The minimum Gasteiger partial charge on any atom is -0.301 e. The number of thioether (sulfide) groups is 1. The number of aromatic amines is 1. The van der Waals surface area contributed by atoms with Crippen LogP contribution in [0.1, 0.15) is 41.9 Å². The number of fused-ring (bicyclic) bond motifs is 1. The lowest BCUT2D eigenvalue weighted by molar-refractivity contribution is 0.102. The van der Waals surface area contributed by atoms with Gasteiger partial charge in [0.1, 0.15) is 0 Å². The molecule has 1 aliphatic rings. The molecule has 3 rings (SSSR count). The number of nitrogens with zero attached hydrogens (tertiary/aromatic N) is 2. The van der Waals surface area contributed by atoms with Crippen molar-refractivity contribution in [3.8, 4) is 0 Å². The first-order valence-corrected chi connectivity index (χ1v) is 11.9. The zero-order chi connectivity index (χ0) is 20.5. The summed E-state index contributed by atoms with van der Waals surface area (Å²) in [5.74, 6) is 0.0460. The summed E-state index contributed by atoms with van der Waals surface area (Å²) in [6.45, 7) is 3.86. The SMILES string of the molecule is CCCc1cc(=O)[nH]c(SCC(=O)c2ccc3c(c2)C[C@H](C)N3S(C)(=O)=O)n1. The molecular formula is C19H23N3O4S2. The van der Waals surface area contributed by atoms with E-state index in [4.69, 9.17) is 0 Å². The summed E-state index contributed by atoms with van der Waals surface area (Å²) >= 11 is 1.19. The molecule has 7 nitrogen and oxygen atoms in total. The highest BCUT2D eigenvalue weighted by Crippen LogP contribution is 2.35. The summed E-state index contributed by atoms with van der Waals surface area (Å²) in [4.78, 5) is 31.4. The van der Waals surface area contributed by atoms with Crippen molar-refractivity contribution >= 4 is 33.3 Å². The number of anilines is 1. The van der Waals surface area contributed by atoms with E-state index >= 15 is 0 Å². The zero-order valence-corrected chi connectivity index (χ0v) is 17.7. The fourth-order valence-corrected chi connectivity index (χ4v) is 5.49. The van der Waals surface area contributed by atoms with Crippen molar-refractivity contribution in [1.82, 2.24) is 9.97 Å². The van der Waals surface area contributed by atoms with Gasteiger partial charge < -0.3 is 4.98 Å². The van der Waals surface area contributed by atoms with E-state index in [1.165, 1.54) is 28.4 Å². The summed E-state index contributed by atoms with van der Waals surface area (Å²) in [6, 6.07) is 6.43. The minimum absolute atomic E-state index is 0.0956. The monoisotopic (exact) mass is 421 g/mol. The molecule has 0 radical (unpaired) electrons. The molecule has 2 heterocycles. The van der Waals surface area contributed by atoms with E-state index in [1.54, 1.807) is 18.2 Å². The third-order valence-electron chi connectivity index (χ3n) is 4.53. The molecule has 2 aromatic rings. The van der Waals surface area contributed by atoms with Crippen LogP contribution in [0.2, 0.25) is 0 Å². The minimum atomic E-state index is -3.36. The Labute approximate surface area is 168 Å². The number of aryl methyl sites for hydroxylation is 1. The second-order valence-electron chi connectivity index (χ2n) is 6.96. The van der Waals surface area contributed by atoms with Crippen LogP contribution in [0.25, 0.3) is 0 Å². The lowest BCUT2D eigenvalue weighted by atomic mass is 10.0. The summed E-state index contributed by atoms with van der Waals surface area (Å²) < 4.78 is 25.4. The van der Waals surface area contributed by atoms with Crippen LogP contribution in [-0.2, 0) is 22.9 Å². The Morgan fingerprint density at radius 2 is 2.11 bits per heavy atom. The number of hydrogen-bond acceptors (Lipinski definition) is 6. The first-order chi connectivity index (χ1) is 13.2. The average molecular weight is 422 g/mol. The van der Waals surface area contributed by atoms with Crippen molar-refractivity contribution in [2.75, 3.05) is 16.3 Å². The van der Waals surface area contributed by atoms with E-state index in [0.29, 0.717) is 34.9 Å². The van der Waals surface area contributed by atoms with Crippen molar-refractivity contribution in [3.05, 3.63) is 51.4 Å². The summed E-state index contributed by atoms with van der Waals surface area (Å²) in [7, 11) is -3.36. The average Bonchev–Trinajstić information content (AvgIpc) is 2.94. The molecule has 150 valence electrons. The molecule has 0 saturated heterocycles. The highest BCUT2D eigenvalue weighted by Gasteiger charge is 2.32. The van der Waals surface area contributed by atoms with Gasteiger partial charge in [-0.2, -0.15) is 0 Å². The number of nitrogens with one attached hydrogen (secondary N) is 1. The predicted molar refractivity (Wildman–Crippen MR) is 111 cm³/mol. The molecule has 1 aromatic heterocycles. The van der Waals surface area contributed by atoms with Crippen LogP contribution >= 0.6 is 11.8 Å². The largest absolute Gasteiger partial charge is 0.301 e. The molecule has 1 N–H and O–H groups in total. The quantitative estimate of drug-likeness (QED) is 0.419. The van der Waals surface area contributed by atoms with Gasteiger partial charge in [0.05, 0.1) is 17.7 Å². The standard InChI is InChI=1S/C19H23N3O4S2/c1-4-5-15-10-18(24)21-19(20-15)27-11-17(23)13-6-7-16-14(9-13)8-12(2)22(16)28(3,25)26/h6-7,9-10,12H,4-5,8,11H2,1-3H3,(H,20,21,24)/t12-/m0/s1. The Balaban J connectivity index is 1.75. The number of hydrogen-bond donors (Lipinski definition) is 1. The van der Waals surface area contributed by atoms with Gasteiger partial charge in [-0.15, -0.1) is 0 Å². The lowest BCUT2D eigenvalue weighted by Gasteiger charge is -2.21. The molecule has 0 aliphatic carbocycles. The van der Waals surface area contributed by atoms with Crippen LogP contribution in [0, 0.1) is 0 Å². The maximum Gasteiger partial charge on any atom is 0.251 e. The molecule has 9 heteroatoms. The normalized spacial score (nSPS) is 16.2. The van der Waals surface area contributed by atoms with E-state index in [9.17, 15) is 18.0 Å². The first kappa shape index (κ1) is 20.6. The molecule has 0 amide bonds. The van der Waals surface area contributed by atoms with Gasteiger partial charge in [0.2, 0.25) is 10.0 Å². The molecular weight excluding hydrogens is 398 g/mol. The molecule has 0 saturated carbocycles. The highest BCUT2D eigenvalue weighted by atomic mass is 32.2. The van der Waals surface area contributed by atoms with Crippen LogP contribution in [0.15, 0.2) is 34.2 Å². The number of ketones is 1. The van der Waals surface area contributed by atoms with Gasteiger partial charge in [-0.25, -0.2) is 13.4 Å². The van der Waals surface area contributed by atoms with Crippen molar-refractivity contribution in [2.45, 2.75) is 44.3 Å². The number of sulfonamides is 1. The van der Waals surface area contributed by atoms with Gasteiger partial charge in [0.15, 0.2) is 10.9 Å². The van der Waals surface area contributed by atoms with Crippen molar-refractivity contribution in [1.29, 1.82) is 0 Å². The Morgan fingerprint density at radius 1 is 1.36 bits per heavy atom. The molecule has 1 atom stereocenters. The number of carbonyl (C=O) groups excluding carboxylic acids is 1. The molecule has 28 heavy (non-hydrogen) atoms.